The largest absolute Gasteiger partial charge is 0.419 e. The van der Waals surface area contributed by atoms with Crippen molar-refractivity contribution in [2.24, 2.45) is 5.92 Å². The standard InChI is InChI=1S/C22H21FN4O2/c1-14(2)11-21-25-26-22(29-21)19-12-15-5-3-4-6-18(15)27(19)13-20(28)24-17-9-7-16(23)8-10-17/h3-10,12,14H,11,13H2,1-2H3,(H,24,28). The molecule has 4 rings (SSSR count). The average molecular weight is 392 g/mol. The molecule has 0 saturated heterocycles. The zero-order valence-electron chi connectivity index (χ0n) is 16.2. The number of benzene rings is 2. The van der Waals surface area contributed by atoms with Gasteiger partial charge in [0.15, 0.2) is 0 Å². The number of aromatic nitrogens is 3. The lowest BCUT2D eigenvalue weighted by molar-refractivity contribution is -0.116. The quantitative estimate of drug-likeness (QED) is 0.518. The van der Waals surface area contributed by atoms with Crippen molar-refractivity contribution >= 4 is 22.5 Å². The molecular formula is C22H21FN4O2. The zero-order chi connectivity index (χ0) is 20.4. The van der Waals surface area contributed by atoms with Crippen molar-refractivity contribution in [2.45, 2.75) is 26.8 Å². The van der Waals surface area contributed by atoms with Crippen LogP contribution in [0.15, 0.2) is 59.0 Å². The van der Waals surface area contributed by atoms with Crippen molar-refractivity contribution in [3.63, 3.8) is 0 Å². The van der Waals surface area contributed by atoms with Crippen LogP contribution in [0, 0.1) is 11.7 Å². The van der Waals surface area contributed by atoms with Gasteiger partial charge in [0.2, 0.25) is 11.8 Å². The third-order valence-corrected chi connectivity index (χ3v) is 4.51. The second-order valence-corrected chi connectivity index (χ2v) is 7.33. The van der Waals surface area contributed by atoms with Crippen molar-refractivity contribution < 1.29 is 13.6 Å². The van der Waals surface area contributed by atoms with E-state index in [1.54, 1.807) is 0 Å². The number of hydrogen-bond acceptors (Lipinski definition) is 4. The molecule has 148 valence electrons. The number of fused-ring (bicyclic) bond motifs is 1. The third kappa shape index (κ3) is 4.18. The second kappa shape index (κ2) is 7.87. The monoisotopic (exact) mass is 392 g/mol. The van der Waals surface area contributed by atoms with Crippen LogP contribution in [0.5, 0.6) is 0 Å². The highest BCUT2D eigenvalue weighted by Crippen LogP contribution is 2.28. The Labute approximate surface area is 167 Å². The average Bonchev–Trinajstić information content (AvgIpc) is 3.28. The maximum atomic E-state index is 13.1. The molecule has 1 amide bonds. The first-order chi connectivity index (χ1) is 14.0. The van der Waals surface area contributed by atoms with Crippen molar-refractivity contribution in [1.82, 2.24) is 14.8 Å². The maximum absolute atomic E-state index is 13.1. The number of carbonyl (C=O) groups excluding carboxylic acids is 1. The van der Waals surface area contributed by atoms with E-state index in [0.29, 0.717) is 35.5 Å². The summed E-state index contributed by atoms with van der Waals surface area (Å²) in [5, 5.41) is 12.1. The number of rotatable bonds is 6. The minimum atomic E-state index is -0.352. The fraction of sp³-hybridized carbons (Fsp3) is 0.227. The Morgan fingerprint density at radius 2 is 1.90 bits per heavy atom. The van der Waals surface area contributed by atoms with E-state index < -0.39 is 0 Å². The number of para-hydroxylation sites is 1. The molecule has 0 radical (unpaired) electrons. The van der Waals surface area contributed by atoms with Gasteiger partial charge in [-0.1, -0.05) is 32.0 Å². The van der Waals surface area contributed by atoms with E-state index in [0.717, 1.165) is 10.9 Å². The first kappa shape index (κ1) is 18.9. The Morgan fingerprint density at radius 3 is 2.66 bits per heavy atom. The van der Waals surface area contributed by atoms with E-state index in [1.807, 2.05) is 34.9 Å². The van der Waals surface area contributed by atoms with E-state index >= 15 is 0 Å². The molecule has 1 N–H and O–H groups in total. The van der Waals surface area contributed by atoms with Gasteiger partial charge in [-0.2, -0.15) is 0 Å². The molecule has 6 nitrogen and oxygen atoms in total. The van der Waals surface area contributed by atoms with Crippen molar-refractivity contribution in [1.29, 1.82) is 0 Å². The third-order valence-electron chi connectivity index (χ3n) is 4.51. The first-order valence-electron chi connectivity index (χ1n) is 9.46. The van der Waals surface area contributed by atoms with Gasteiger partial charge in [-0.25, -0.2) is 4.39 Å². The summed E-state index contributed by atoms with van der Waals surface area (Å²) in [7, 11) is 0. The van der Waals surface area contributed by atoms with Crippen molar-refractivity contribution in [3.8, 4) is 11.6 Å². The molecule has 0 fully saturated rings. The topological polar surface area (TPSA) is 73.0 Å². The summed E-state index contributed by atoms with van der Waals surface area (Å²) in [6.45, 7) is 4.23. The lowest BCUT2D eigenvalue weighted by Crippen LogP contribution is -2.19. The normalized spacial score (nSPS) is 11.3. The molecule has 7 heteroatoms. The lowest BCUT2D eigenvalue weighted by atomic mass is 10.1. The van der Waals surface area contributed by atoms with Crippen molar-refractivity contribution in [3.05, 3.63) is 66.3 Å². The lowest BCUT2D eigenvalue weighted by Gasteiger charge is -2.10. The summed E-state index contributed by atoms with van der Waals surface area (Å²) in [4.78, 5) is 12.7. The molecule has 0 unspecified atom stereocenters. The minimum absolute atomic E-state index is 0.0577. The number of hydrogen-bond donors (Lipinski definition) is 1. The Bertz CT molecular complexity index is 1150. The molecule has 0 aliphatic carbocycles. The summed E-state index contributed by atoms with van der Waals surface area (Å²) < 4.78 is 20.8. The Kier molecular flexibility index (Phi) is 5.12. The molecule has 2 aromatic heterocycles. The summed E-state index contributed by atoms with van der Waals surface area (Å²) in [5.41, 5.74) is 2.11. The molecule has 0 bridgehead atoms. The molecule has 29 heavy (non-hydrogen) atoms. The van der Waals surface area contributed by atoms with Gasteiger partial charge in [0.05, 0.1) is 0 Å². The molecule has 4 aromatic rings. The van der Waals surface area contributed by atoms with E-state index in [1.165, 1.54) is 24.3 Å². The SMILES string of the molecule is CC(C)Cc1nnc(-c2cc3ccccc3n2CC(=O)Nc2ccc(F)cc2)o1. The van der Waals surface area contributed by atoms with Crippen molar-refractivity contribution in [2.75, 3.05) is 5.32 Å². The predicted octanol–water partition coefficient (Wildman–Crippen LogP) is 4.67. The highest BCUT2D eigenvalue weighted by molar-refractivity contribution is 5.93. The second-order valence-electron chi connectivity index (χ2n) is 7.33. The molecule has 2 heterocycles. The highest BCUT2D eigenvalue weighted by Gasteiger charge is 2.18. The molecular weight excluding hydrogens is 371 g/mol. The van der Waals surface area contributed by atoms with Crippen LogP contribution in [0.1, 0.15) is 19.7 Å². The van der Waals surface area contributed by atoms with Crippen LogP contribution in [0.3, 0.4) is 0 Å². The molecule has 0 aliphatic rings. The molecule has 0 saturated carbocycles. The predicted molar refractivity (Wildman–Crippen MR) is 109 cm³/mol. The van der Waals surface area contributed by atoms with E-state index in [9.17, 15) is 9.18 Å². The highest BCUT2D eigenvalue weighted by atomic mass is 19.1. The zero-order valence-corrected chi connectivity index (χ0v) is 16.2. The summed E-state index contributed by atoms with van der Waals surface area (Å²) >= 11 is 0. The number of amides is 1. The Hall–Kier alpha value is -3.48. The summed E-state index contributed by atoms with van der Waals surface area (Å²) in [5.74, 6) is 0.765. The Morgan fingerprint density at radius 1 is 1.14 bits per heavy atom. The number of nitrogens with one attached hydrogen (secondary N) is 1. The van der Waals surface area contributed by atoms with Gasteiger partial charge in [-0.05, 0) is 42.3 Å². The van der Waals surface area contributed by atoms with Gasteiger partial charge in [-0.15, -0.1) is 10.2 Å². The molecule has 0 spiro atoms. The first-order valence-corrected chi connectivity index (χ1v) is 9.46. The van der Waals surface area contributed by atoms with E-state index in [2.05, 4.69) is 29.4 Å². The van der Waals surface area contributed by atoms with Gasteiger partial charge >= 0.3 is 0 Å². The molecule has 2 aromatic carbocycles. The fourth-order valence-electron chi connectivity index (χ4n) is 3.22. The molecule has 0 atom stereocenters. The Balaban J connectivity index is 1.65. The van der Waals surface area contributed by atoms with Crippen LogP contribution in [0.25, 0.3) is 22.5 Å². The van der Waals surface area contributed by atoms with Crippen LogP contribution < -0.4 is 5.32 Å². The van der Waals surface area contributed by atoms with Gasteiger partial charge < -0.3 is 14.3 Å². The maximum Gasteiger partial charge on any atom is 0.264 e. The van der Waals surface area contributed by atoms with E-state index in [-0.39, 0.29) is 18.3 Å². The van der Waals surface area contributed by atoms with Gasteiger partial charge in [0.1, 0.15) is 18.1 Å². The summed E-state index contributed by atoms with van der Waals surface area (Å²) in [6, 6.07) is 15.4. The van der Waals surface area contributed by atoms with Crippen LogP contribution >= 0.6 is 0 Å². The minimum Gasteiger partial charge on any atom is -0.419 e. The number of carbonyl (C=O) groups is 1. The van der Waals surface area contributed by atoms with Crippen LogP contribution in [0.2, 0.25) is 0 Å². The van der Waals surface area contributed by atoms with Crippen LogP contribution in [-0.4, -0.2) is 20.7 Å². The smallest absolute Gasteiger partial charge is 0.264 e. The number of nitrogens with zero attached hydrogens (tertiary/aromatic N) is 3. The summed E-state index contributed by atoms with van der Waals surface area (Å²) in [6.07, 6.45) is 0.693. The number of anilines is 1. The van der Waals surface area contributed by atoms with Gasteiger partial charge in [0.25, 0.3) is 5.89 Å². The number of halogens is 1. The van der Waals surface area contributed by atoms with Gasteiger partial charge in [-0.3, -0.25) is 4.79 Å². The van der Waals surface area contributed by atoms with Gasteiger partial charge in [0, 0.05) is 23.0 Å². The van der Waals surface area contributed by atoms with Crippen LogP contribution in [-0.2, 0) is 17.8 Å². The van der Waals surface area contributed by atoms with E-state index in [4.69, 9.17) is 4.42 Å². The fourth-order valence-corrected chi connectivity index (χ4v) is 3.22. The van der Waals surface area contributed by atoms with Crippen LogP contribution in [0.4, 0.5) is 10.1 Å². The molecule has 0 aliphatic heterocycles.